The molecule has 0 bridgehead atoms. The van der Waals surface area contributed by atoms with Gasteiger partial charge < -0.3 is 14.2 Å². The van der Waals surface area contributed by atoms with Crippen LogP contribution in [0.3, 0.4) is 0 Å². The summed E-state index contributed by atoms with van der Waals surface area (Å²) in [5, 5.41) is 0.866. The van der Waals surface area contributed by atoms with Gasteiger partial charge in [-0.05, 0) is 84.1 Å². The van der Waals surface area contributed by atoms with Crippen molar-refractivity contribution >= 4 is 50.8 Å². The number of halogens is 1. The third-order valence-corrected chi connectivity index (χ3v) is 8.42. The van der Waals surface area contributed by atoms with Gasteiger partial charge in [0.05, 0.1) is 29.1 Å². The van der Waals surface area contributed by atoms with Crippen LogP contribution >= 0.6 is 27.7 Å². The molecule has 2 saturated carbocycles. The van der Waals surface area contributed by atoms with E-state index in [-0.39, 0.29) is 18.6 Å². The molecule has 1 aromatic carbocycles. The van der Waals surface area contributed by atoms with Gasteiger partial charge in [0.1, 0.15) is 0 Å². The van der Waals surface area contributed by atoms with Gasteiger partial charge in [-0.1, -0.05) is 38.5 Å². The summed E-state index contributed by atoms with van der Waals surface area (Å²) >= 11 is 5.02. The molecule has 3 fully saturated rings. The van der Waals surface area contributed by atoms with E-state index in [0.29, 0.717) is 33.5 Å². The van der Waals surface area contributed by atoms with E-state index in [9.17, 15) is 9.59 Å². The number of carbonyl (C=O) groups is 2. The number of methoxy groups -OCH3 is 1. The Morgan fingerprint density at radius 1 is 1.14 bits per heavy atom. The molecular weight excluding hydrogens is 544 g/mol. The van der Waals surface area contributed by atoms with Gasteiger partial charge in [-0.2, -0.15) is 0 Å². The predicted octanol–water partition coefficient (Wildman–Crippen LogP) is 6.34. The van der Waals surface area contributed by atoms with Crippen molar-refractivity contribution < 1.29 is 23.8 Å². The zero-order valence-electron chi connectivity index (χ0n) is 21.1. The van der Waals surface area contributed by atoms with Crippen LogP contribution in [0, 0.1) is 0 Å². The van der Waals surface area contributed by atoms with Crippen LogP contribution in [0.25, 0.3) is 6.08 Å². The van der Waals surface area contributed by atoms with Crippen molar-refractivity contribution in [1.82, 2.24) is 4.90 Å². The van der Waals surface area contributed by atoms with Crippen LogP contribution in [0.2, 0.25) is 0 Å². The number of carbonyl (C=O) groups excluding carboxylic acids is 2. The molecule has 9 heteroatoms. The number of aliphatic imine (C=N–C) groups is 1. The van der Waals surface area contributed by atoms with E-state index < -0.39 is 5.97 Å². The van der Waals surface area contributed by atoms with Gasteiger partial charge in [0.25, 0.3) is 5.91 Å². The van der Waals surface area contributed by atoms with E-state index >= 15 is 0 Å². The van der Waals surface area contributed by atoms with Gasteiger partial charge in [0, 0.05) is 6.04 Å². The third kappa shape index (κ3) is 6.65. The van der Waals surface area contributed by atoms with Crippen LogP contribution in [0.15, 0.2) is 26.5 Å². The Labute approximate surface area is 226 Å². The molecule has 1 saturated heterocycles. The minimum absolute atomic E-state index is 0.0409. The van der Waals surface area contributed by atoms with Crippen molar-refractivity contribution in [3.05, 3.63) is 27.1 Å². The Bertz CT molecular complexity index is 1020. The van der Waals surface area contributed by atoms with Crippen LogP contribution in [0.5, 0.6) is 11.5 Å². The van der Waals surface area contributed by atoms with Gasteiger partial charge in [0.15, 0.2) is 23.3 Å². The van der Waals surface area contributed by atoms with Crippen molar-refractivity contribution in [2.24, 2.45) is 4.99 Å². The molecule has 0 atom stereocenters. The predicted molar refractivity (Wildman–Crippen MR) is 146 cm³/mol. The average molecular weight is 580 g/mol. The molecule has 1 heterocycles. The number of amides is 1. The molecule has 0 spiro atoms. The molecule has 0 radical (unpaired) electrons. The maximum absolute atomic E-state index is 13.6. The highest BCUT2D eigenvalue weighted by molar-refractivity contribution is 9.10. The SMILES string of the molecule is CCOC(=O)COc1c(Br)cc(C=C2SC(=NC3CCCCC3)N(C3CCCCC3)C2=O)cc1OC. The Kier molecular flexibility index (Phi) is 9.76. The van der Waals surface area contributed by atoms with Crippen molar-refractivity contribution in [2.45, 2.75) is 83.2 Å². The lowest BCUT2D eigenvalue weighted by Gasteiger charge is -2.31. The quantitative estimate of drug-likeness (QED) is 0.264. The fourth-order valence-corrected chi connectivity index (χ4v) is 6.74. The van der Waals surface area contributed by atoms with E-state index in [0.717, 1.165) is 49.3 Å². The lowest BCUT2D eigenvalue weighted by molar-refractivity contribution is -0.145. The summed E-state index contributed by atoms with van der Waals surface area (Å²) in [6.45, 7) is 1.83. The van der Waals surface area contributed by atoms with Crippen LogP contribution < -0.4 is 9.47 Å². The maximum atomic E-state index is 13.6. The number of benzene rings is 1. The molecule has 196 valence electrons. The first-order chi connectivity index (χ1) is 17.5. The zero-order valence-corrected chi connectivity index (χ0v) is 23.5. The van der Waals surface area contributed by atoms with Gasteiger partial charge in [0.2, 0.25) is 0 Å². The molecule has 36 heavy (non-hydrogen) atoms. The molecular formula is C27H35BrN2O5S. The van der Waals surface area contributed by atoms with Crippen LogP contribution in [0.4, 0.5) is 0 Å². The summed E-state index contributed by atoms with van der Waals surface area (Å²) in [4.78, 5) is 33.1. The first-order valence-corrected chi connectivity index (χ1v) is 14.6. The van der Waals surface area contributed by atoms with E-state index in [2.05, 4.69) is 15.9 Å². The molecule has 1 amide bonds. The highest BCUT2D eigenvalue weighted by Crippen LogP contribution is 2.41. The summed E-state index contributed by atoms with van der Waals surface area (Å²) in [6, 6.07) is 4.22. The molecule has 2 aliphatic carbocycles. The highest BCUT2D eigenvalue weighted by Gasteiger charge is 2.39. The normalized spacial score (nSPS) is 21.9. The molecule has 0 aromatic heterocycles. The fourth-order valence-electron chi connectivity index (χ4n) is 5.05. The second-order valence-electron chi connectivity index (χ2n) is 9.41. The van der Waals surface area contributed by atoms with Gasteiger partial charge >= 0.3 is 5.97 Å². The summed E-state index contributed by atoms with van der Waals surface area (Å²) in [5.41, 5.74) is 0.806. The molecule has 0 unspecified atom stereocenters. The zero-order chi connectivity index (χ0) is 25.5. The minimum Gasteiger partial charge on any atom is -0.493 e. The number of ether oxygens (including phenoxy) is 3. The number of hydrogen-bond acceptors (Lipinski definition) is 7. The summed E-state index contributed by atoms with van der Waals surface area (Å²) in [6.07, 6.45) is 13.4. The number of hydrogen-bond donors (Lipinski definition) is 0. The summed E-state index contributed by atoms with van der Waals surface area (Å²) < 4.78 is 16.7. The van der Waals surface area contributed by atoms with E-state index in [1.807, 2.05) is 23.1 Å². The smallest absolute Gasteiger partial charge is 0.344 e. The van der Waals surface area contributed by atoms with Crippen molar-refractivity contribution in [3.8, 4) is 11.5 Å². The largest absolute Gasteiger partial charge is 0.493 e. The summed E-state index contributed by atoms with van der Waals surface area (Å²) in [7, 11) is 1.55. The Balaban J connectivity index is 1.59. The first kappa shape index (κ1) is 27.0. The Morgan fingerprint density at radius 2 is 1.83 bits per heavy atom. The minimum atomic E-state index is -0.446. The van der Waals surface area contributed by atoms with Crippen molar-refractivity contribution in [3.63, 3.8) is 0 Å². The maximum Gasteiger partial charge on any atom is 0.344 e. The second kappa shape index (κ2) is 13.0. The molecule has 1 aromatic rings. The highest BCUT2D eigenvalue weighted by atomic mass is 79.9. The molecule has 4 rings (SSSR count). The molecule has 1 aliphatic heterocycles. The molecule has 0 N–H and O–H groups in total. The number of esters is 1. The second-order valence-corrected chi connectivity index (χ2v) is 11.3. The fraction of sp³-hybridized carbons (Fsp3) is 0.593. The van der Waals surface area contributed by atoms with E-state index in [4.69, 9.17) is 19.2 Å². The standard InChI is InChI=1S/C27H35BrN2O5S/c1-3-34-24(31)17-35-25-21(28)14-18(15-22(25)33-2)16-23-26(32)30(20-12-8-5-9-13-20)27(36-23)29-19-10-6-4-7-11-19/h14-16,19-20H,3-13,17H2,1-2H3. The number of thioether (sulfide) groups is 1. The number of amidine groups is 1. The lowest BCUT2D eigenvalue weighted by atomic mass is 9.94. The number of rotatable bonds is 8. The van der Waals surface area contributed by atoms with Crippen molar-refractivity contribution in [1.29, 1.82) is 0 Å². The van der Waals surface area contributed by atoms with Gasteiger partial charge in [-0.3, -0.25) is 14.7 Å². The monoisotopic (exact) mass is 578 g/mol. The average Bonchev–Trinajstić information content (AvgIpc) is 3.18. The first-order valence-electron chi connectivity index (χ1n) is 13.0. The molecule has 3 aliphatic rings. The van der Waals surface area contributed by atoms with E-state index in [1.54, 1.807) is 14.0 Å². The van der Waals surface area contributed by atoms with Crippen LogP contribution in [0.1, 0.15) is 76.7 Å². The number of nitrogens with zero attached hydrogens (tertiary/aromatic N) is 2. The third-order valence-electron chi connectivity index (χ3n) is 6.83. The van der Waals surface area contributed by atoms with Crippen molar-refractivity contribution in [2.75, 3.05) is 20.3 Å². The van der Waals surface area contributed by atoms with Crippen LogP contribution in [-0.2, 0) is 14.3 Å². The Morgan fingerprint density at radius 3 is 2.50 bits per heavy atom. The van der Waals surface area contributed by atoms with E-state index in [1.165, 1.54) is 37.4 Å². The molecule has 7 nitrogen and oxygen atoms in total. The van der Waals surface area contributed by atoms with Crippen LogP contribution in [-0.4, -0.2) is 54.4 Å². The lowest BCUT2D eigenvalue weighted by Crippen LogP contribution is -2.41. The Hall–Kier alpha value is -2.00. The topological polar surface area (TPSA) is 77.4 Å². The van der Waals surface area contributed by atoms with Gasteiger partial charge in [-0.15, -0.1) is 0 Å². The van der Waals surface area contributed by atoms with Gasteiger partial charge in [-0.25, -0.2) is 4.79 Å². The summed E-state index contributed by atoms with van der Waals surface area (Å²) in [5.74, 6) is 0.482.